The van der Waals surface area contributed by atoms with E-state index in [9.17, 15) is 4.79 Å². The molecular weight excluding hydrogens is 436 g/mol. The molecule has 36 heavy (non-hydrogen) atoms. The van der Waals surface area contributed by atoms with E-state index >= 15 is 0 Å². The van der Waals surface area contributed by atoms with Gasteiger partial charge in [0, 0.05) is 12.3 Å². The third-order valence-electron chi connectivity index (χ3n) is 12.1. The second-order valence-corrected chi connectivity index (χ2v) is 14.4. The number of hydrogen-bond acceptors (Lipinski definition) is 1. The van der Waals surface area contributed by atoms with Gasteiger partial charge in [-0.2, -0.15) is 0 Å². The molecule has 0 saturated heterocycles. The number of Topliss-reactive ketones (excluding diaryl/α,β-unsaturated/α-hetero) is 1. The Morgan fingerprint density at radius 1 is 0.917 bits per heavy atom. The van der Waals surface area contributed by atoms with Crippen LogP contribution in [0.15, 0.2) is 36.4 Å². The minimum Gasteiger partial charge on any atom is -0.299 e. The van der Waals surface area contributed by atoms with Crippen LogP contribution in [0.1, 0.15) is 111 Å². The molecule has 0 amide bonds. The van der Waals surface area contributed by atoms with Gasteiger partial charge >= 0.3 is 0 Å². The first kappa shape index (κ1) is 26.2. The lowest BCUT2D eigenvalue weighted by molar-refractivity contribution is -0.146. The molecule has 1 nitrogen and oxygen atoms in total. The van der Waals surface area contributed by atoms with Crippen LogP contribution >= 0.6 is 0 Å². The SMILES string of the molecule is CC(C)CCCC(C)C1CCC2C3CCC4CC(C=Cc5ccccc5)C(=O)CC4(C)C3CCC12C. The van der Waals surface area contributed by atoms with Crippen LogP contribution in [0.3, 0.4) is 0 Å². The fourth-order valence-electron chi connectivity index (χ4n) is 10.1. The first-order valence-electron chi connectivity index (χ1n) is 15.5. The van der Waals surface area contributed by atoms with E-state index in [-0.39, 0.29) is 11.3 Å². The van der Waals surface area contributed by atoms with Gasteiger partial charge in [0.15, 0.2) is 0 Å². The summed E-state index contributed by atoms with van der Waals surface area (Å²) in [6.45, 7) is 12.5. The molecule has 0 aliphatic heterocycles. The number of carbonyl (C=O) groups is 1. The van der Waals surface area contributed by atoms with Crippen molar-refractivity contribution in [3.05, 3.63) is 42.0 Å². The second kappa shape index (κ2) is 10.4. The van der Waals surface area contributed by atoms with E-state index in [0.29, 0.717) is 11.2 Å². The highest BCUT2D eigenvalue weighted by Crippen LogP contribution is 2.68. The maximum Gasteiger partial charge on any atom is 0.140 e. The predicted molar refractivity (Wildman–Crippen MR) is 152 cm³/mol. The van der Waals surface area contributed by atoms with E-state index in [1.807, 2.05) is 0 Å². The van der Waals surface area contributed by atoms with Gasteiger partial charge in [0.1, 0.15) is 5.78 Å². The molecule has 9 unspecified atom stereocenters. The monoisotopic (exact) mass is 488 g/mol. The third-order valence-corrected chi connectivity index (χ3v) is 12.1. The van der Waals surface area contributed by atoms with Gasteiger partial charge in [-0.3, -0.25) is 4.79 Å². The zero-order chi connectivity index (χ0) is 25.5. The average molecular weight is 489 g/mol. The maximum absolute atomic E-state index is 13.5. The van der Waals surface area contributed by atoms with Gasteiger partial charge in [-0.25, -0.2) is 0 Å². The number of allylic oxidation sites excluding steroid dienone is 1. The lowest BCUT2D eigenvalue weighted by atomic mass is 9.44. The molecule has 1 aromatic carbocycles. The molecule has 4 aliphatic rings. The summed E-state index contributed by atoms with van der Waals surface area (Å²) >= 11 is 0. The molecule has 0 heterocycles. The van der Waals surface area contributed by atoms with Crippen molar-refractivity contribution in [2.45, 2.75) is 105 Å². The van der Waals surface area contributed by atoms with E-state index in [0.717, 1.165) is 54.3 Å². The number of benzene rings is 1. The Kier molecular flexibility index (Phi) is 7.59. The first-order chi connectivity index (χ1) is 17.2. The molecule has 1 aromatic rings. The van der Waals surface area contributed by atoms with Gasteiger partial charge in [-0.1, -0.05) is 96.4 Å². The number of ketones is 1. The molecule has 5 rings (SSSR count). The topological polar surface area (TPSA) is 17.1 Å². The Balaban J connectivity index is 1.27. The van der Waals surface area contributed by atoms with Crippen molar-refractivity contribution in [2.75, 3.05) is 0 Å². The van der Waals surface area contributed by atoms with E-state index in [4.69, 9.17) is 0 Å². The molecule has 1 heteroatoms. The van der Waals surface area contributed by atoms with E-state index in [2.05, 4.69) is 77.1 Å². The smallest absolute Gasteiger partial charge is 0.140 e. The van der Waals surface area contributed by atoms with Crippen LogP contribution in [0.25, 0.3) is 6.08 Å². The molecule has 9 atom stereocenters. The van der Waals surface area contributed by atoms with Crippen LogP contribution in [0, 0.1) is 58.2 Å². The van der Waals surface area contributed by atoms with Crippen molar-refractivity contribution in [3.8, 4) is 0 Å². The summed E-state index contributed by atoms with van der Waals surface area (Å²) in [4.78, 5) is 13.5. The summed E-state index contributed by atoms with van der Waals surface area (Å²) in [5, 5.41) is 0. The number of hydrogen-bond donors (Lipinski definition) is 0. The van der Waals surface area contributed by atoms with Gasteiger partial charge in [0.2, 0.25) is 0 Å². The van der Waals surface area contributed by atoms with Crippen LogP contribution in [0.5, 0.6) is 0 Å². The lowest BCUT2D eigenvalue weighted by Gasteiger charge is -2.61. The third kappa shape index (κ3) is 4.78. The van der Waals surface area contributed by atoms with Crippen LogP contribution < -0.4 is 0 Å². The Morgan fingerprint density at radius 2 is 1.67 bits per heavy atom. The molecule has 0 N–H and O–H groups in total. The zero-order valence-corrected chi connectivity index (χ0v) is 23.8. The maximum atomic E-state index is 13.5. The molecule has 4 fully saturated rings. The van der Waals surface area contributed by atoms with Crippen LogP contribution in [0.2, 0.25) is 0 Å². The summed E-state index contributed by atoms with van der Waals surface area (Å²) in [5.74, 6) is 6.51. The zero-order valence-electron chi connectivity index (χ0n) is 23.8. The van der Waals surface area contributed by atoms with Gasteiger partial charge in [0.05, 0.1) is 0 Å². The summed E-state index contributed by atoms with van der Waals surface area (Å²) in [7, 11) is 0. The number of carbonyl (C=O) groups excluding carboxylic acids is 1. The number of fused-ring (bicyclic) bond motifs is 5. The average Bonchev–Trinajstić information content (AvgIpc) is 3.20. The molecule has 0 aromatic heterocycles. The normalized spacial score (nSPS) is 41.2. The quantitative estimate of drug-likeness (QED) is 0.373. The second-order valence-electron chi connectivity index (χ2n) is 14.4. The minimum absolute atomic E-state index is 0.122. The van der Waals surface area contributed by atoms with Crippen LogP contribution in [0.4, 0.5) is 0 Å². The van der Waals surface area contributed by atoms with Gasteiger partial charge in [-0.15, -0.1) is 0 Å². The Morgan fingerprint density at radius 3 is 2.42 bits per heavy atom. The molecule has 0 spiro atoms. The first-order valence-corrected chi connectivity index (χ1v) is 15.5. The fourth-order valence-corrected chi connectivity index (χ4v) is 10.1. The largest absolute Gasteiger partial charge is 0.299 e. The summed E-state index contributed by atoms with van der Waals surface area (Å²) in [5.41, 5.74) is 1.99. The standard InChI is InChI=1S/C35H52O/c1-24(2)10-9-11-25(3)30-18-19-31-29-17-16-28-22-27(15-14-26-12-7-6-8-13-26)33(36)23-35(28,5)32(29)20-21-34(30,31)4/h6-8,12-15,24-25,27-32H,9-11,16-23H2,1-5H3. The van der Waals surface area contributed by atoms with Crippen molar-refractivity contribution in [1.82, 2.24) is 0 Å². The minimum atomic E-state index is 0.122. The highest BCUT2D eigenvalue weighted by molar-refractivity contribution is 5.85. The number of rotatable bonds is 7. The molecule has 198 valence electrons. The summed E-state index contributed by atoms with van der Waals surface area (Å²) < 4.78 is 0. The van der Waals surface area contributed by atoms with Crippen LogP contribution in [-0.4, -0.2) is 5.78 Å². The van der Waals surface area contributed by atoms with Gasteiger partial charge in [0.25, 0.3) is 0 Å². The van der Waals surface area contributed by atoms with Crippen LogP contribution in [-0.2, 0) is 4.79 Å². The molecule has 4 aliphatic carbocycles. The van der Waals surface area contributed by atoms with Crippen molar-refractivity contribution >= 4 is 11.9 Å². The Labute approximate surface area is 221 Å². The Bertz CT molecular complexity index is 929. The van der Waals surface area contributed by atoms with Crippen molar-refractivity contribution in [1.29, 1.82) is 0 Å². The van der Waals surface area contributed by atoms with E-state index < -0.39 is 0 Å². The van der Waals surface area contributed by atoms with Gasteiger partial charge < -0.3 is 0 Å². The van der Waals surface area contributed by atoms with Gasteiger partial charge in [-0.05, 0) is 103 Å². The summed E-state index contributed by atoms with van der Waals surface area (Å²) in [6.07, 6.45) is 19.0. The van der Waals surface area contributed by atoms with Crippen molar-refractivity contribution in [2.24, 2.45) is 58.2 Å². The van der Waals surface area contributed by atoms with E-state index in [1.54, 1.807) is 0 Å². The molecule has 0 radical (unpaired) electrons. The van der Waals surface area contributed by atoms with Crippen molar-refractivity contribution in [3.63, 3.8) is 0 Å². The van der Waals surface area contributed by atoms with E-state index in [1.165, 1.54) is 63.4 Å². The lowest BCUT2D eigenvalue weighted by Crippen LogP contribution is -2.55. The molecule has 0 bridgehead atoms. The summed E-state index contributed by atoms with van der Waals surface area (Å²) in [6, 6.07) is 10.5. The fraction of sp³-hybridized carbons (Fsp3) is 0.743. The van der Waals surface area contributed by atoms with Crippen molar-refractivity contribution < 1.29 is 4.79 Å². The molecular formula is C35H52O. The Hall–Kier alpha value is -1.37. The highest BCUT2D eigenvalue weighted by atomic mass is 16.1. The molecule has 4 saturated carbocycles. The predicted octanol–water partition coefficient (Wildman–Crippen LogP) is 9.62. The highest BCUT2D eigenvalue weighted by Gasteiger charge is 2.61.